The summed E-state index contributed by atoms with van der Waals surface area (Å²) in [7, 11) is -3.95. The molecular formula is C15H13F4NO4S. The fraction of sp³-hybridized carbons (Fsp3) is 0.200. The fourth-order valence-corrected chi connectivity index (χ4v) is 2.82. The molecule has 0 spiro atoms. The number of ether oxygens (including phenoxy) is 2. The molecule has 25 heavy (non-hydrogen) atoms. The zero-order valence-electron chi connectivity index (χ0n) is 12.6. The Balaban J connectivity index is 1.90. The van der Waals surface area contributed by atoms with Gasteiger partial charge in [-0.25, -0.2) is 17.5 Å². The monoisotopic (exact) mass is 379 g/mol. The van der Waals surface area contributed by atoms with Crippen LogP contribution in [0.25, 0.3) is 0 Å². The minimum atomic E-state index is -4.86. The number of rotatable bonds is 7. The summed E-state index contributed by atoms with van der Waals surface area (Å²) in [5, 5.41) is 0. The average Bonchev–Trinajstić information content (AvgIpc) is 2.52. The number of sulfonamides is 1. The van der Waals surface area contributed by atoms with E-state index < -0.39 is 28.0 Å². The van der Waals surface area contributed by atoms with E-state index in [1.165, 1.54) is 18.2 Å². The van der Waals surface area contributed by atoms with E-state index in [0.29, 0.717) is 0 Å². The average molecular weight is 379 g/mol. The van der Waals surface area contributed by atoms with Crippen molar-refractivity contribution in [3.05, 3.63) is 54.3 Å². The molecule has 5 nitrogen and oxygen atoms in total. The summed E-state index contributed by atoms with van der Waals surface area (Å²) in [5.74, 6) is -1.13. The Hall–Kier alpha value is -2.33. The van der Waals surface area contributed by atoms with Crippen LogP contribution in [-0.2, 0) is 10.0 Å². The van der Waals surface area contributed by atoms with E-state index in [9.17, 15) is 26.0 Å². The number of halogens is 4. The molecule has 0 bridgehead atoms. The Morgan fingerprint density at radius 3 is 2.24 bits per heavy atom. The summed E-state index contributed by atoms with van der Waals surface area (Å²) in [6.45, 7) is -0.285. The Morgan fingerprint density at radius 2 is 1.64 bits per heavy atom. The molecule has 10 heteroatoms. The summed E-state index contributed by atoms with van der Waals surface area (Å²) in [6.07, 6.45) is -4.86. The molecular weight excluding hydrogens is 366 g/mol. The van der Waals surface area contributed by atoms with Crippen molar-refractivity contribution in [2.24, 2.45) is 0 Å². The number of para-hydroxylation sites is 1. The minimum absolute atomic E-state index is 0.0182. The number of hydrogen-bond donors (Lipinski definition) is 1. The van der Waals surface area contributed by atoms with Gasteiger partial charge in [0.2, 0.25) is 10.0 Å². The summed E-state index contributed by atoms with van der Waals surface area (Å²) in [4.78, 5) is -0.243. The van der Waals surface area contributed by atoms with E-state index in [2.05, 4.69) is 9.46 Å². The second-order valence-electron chi connectivity index (χ2n) is 4.70. The molecule has 0 aliphatic rings. The van der Waals surface area contributed by atoms with E-state index in [1.54, 1.807) is 6.07 Å². The minimum Gasteiger partial charge on any atom is -0.489 e. The quantitative estimate of drug-likeness (QED) is 0.593. The Kier molecular flexibility index (Phi) is 5.85. The molecule has 2 rings (SSSR count). The van der Waals surface area contributed by atoms with Gasteiger partial charge in [-0.05, 0) is 36.4 Å². The first-order valence-corrected chi connectivity index (χ1v) is 8.38. The van der Waals surface area contributed by atoms with Crippen LogP contribution in [0.5, 0.6) is 11.5 Å². The normalized spacial score (nSPS) is 12.0. The number of alkyl halides is 3. The number of hydrogen-bond acceptors (Lipinski definition) is 4. The lowest BCUT2D eigenvalue weighted by atomic mass is 10.3. The van der Waals surface area contributed by atoms with E-state index in [1.807, 2.05) is 0 Å². The van der Waals surface area contributed by atoms with Gasteiger partial charge in [-0.3, -0.25) is 0 Å². The van der Waals surface area contributed by atoms with Gasteiger partial charge in [0.05, 0.1) is 4.90 Å². The van der Waals surface area contributed by atoms with Gasteiger partial charge in [-0.15, -0.1) is 13.2 Å². The SMILES string of the molecule is O=S(=O)(NCCOc1ccccc1F)c1ccc(OC(F)(F)F)cc1. The summed E-state index contributed by atoms with van der Waals surface area (Å²) < 4.78 is 84.4. The van der Waals surface area contributed by atoms with Gasteiger partial charge in [0, 0.05) is 6.54 Å². The van der Waals surface area contributed by atoms with Crippen molar-refractivity contribution >= 4 is 10.0 Å². The van der Waals surface area contributed by atoms with Crippen molar-refractivity contribution < 1.29 is 35.5 Å². The first-order valence-electron chi connectivity index (χ1n) is 6.90. The maximum absolute atomic E-state index is 13.3. The molecule has 0 saturated heterocycles. The third kappa shape index (κ3) is 5.91. The molecule has 0 aliphatic heterocycles. The molecule has 0 heterocycles. The Bertz CT molecular complexity index is 807. The van der Waals surface area contributed by atoms with Gasteiger partial charge in [0.25, 0.3) is 0 Å². The highest BCUT2D eigenvalue weighted by Crippen LogP contribution is 2.23. The first kappa shape index (κ1) is 19.0. The lowest BCUT2D eigenvalue weighted by Crippen LogP contribution is -2.28. The van der Waals surface area contributed by atoms with Crippen molar-refractivity contribution in [1.82, 2.24) is 4.72 Å². The van der Waals surface area contributed by atoms with Crippen LogP contribution in [0.15, 0.2) is 53.4 Å². The third-order valence-corrected chi connectivity index (χ3v) is 4.33. The van der Waals surface area contributed by atoms with Crippen LogP contribution in [0.4, 0.5) is 17.6 Å². The molecule has 0 atom stereocenters. The predicted molar refractivity (Wildman–Crippen MR) is 80.2 cm³/mol. The van der Waals surface area contributed by atoms with Crippen molar-refractivity contribution in [2.75, 3.05) is 13.2 Å². The molecule has 0 amide bonds. The van der Waals surface area contributed by atoms with Crippen molar-refractivity contribution in [2.45, 2.75) is 11.3 Å². The molecule has 136 valence electrons. The van der Waals surface area contributed by atoms with Crippen LogP contribution in [0, 0.1) is 5.82 Å². The lowest BCUT2D eigenvalue weighted by Gasteiger charge is -2.11. The van der Waals surface area contributed by atoms with E-state index in [0.717, 1.165) is 24.3 Å². The molecule has 2 aromatic carbocycles. The summed E-state index contributed by atoms with van der Waals surface area (Å²) >= 11 is 0. The van der Waals surface area contributed by atoms with Gasteiger partial charge in [-0.2, -0.15) is 0 Å². The van der Waals surface area contributed by atoms with Crippen LogP contribution in [0.1, 0.15) is 0 Å². The molecule has 0 unspecified atom stereocenters. The maximum atomic E-state index is 13.3. The zero-order valence-corrected chi connectivity index (χ0v) is 13.4. The second kappa shape index (κ2) is 7.70. The smallest absolute Gasteiger partial charge is 0.489 e. The van der Waals surface area contributed by atoms with Crippen molar-refractivity contribution in [3.63, 3.8) is 0 Å². The maximum Gasteiger partial charge on any atom is 0.573 e. The largest absolute Gasteiger partial charge is 0.573 e. The number of benzene rings is 2. The molecule has 0 aliphatic carbocycles. The lowest BCUT2D eigenvalue weighted by molar-refractivity contribution is -0.274. The van der Waals surface area contributed by atoms with E-state index in [-0.39, 0.29) is 23.8 Å². The Morgan fingerprint density at radius 1 is 1.00 bits per heavy atom. The summed E-state index contributed by atoms with van der Waals surface area (Å²) in [6, 6.07) is 9.36. The van der Waals surface area contributed by atoms with E-state index >= 15 is 0 Å². The van der Waals surface area contributed by atoms with Crippen LogP contribution in [0.3, 0.4) is 0 Å². The standard InChI is InChI=1S/C15H13F4NO4S/c16-13-3-1-2-4-14(13)23-10-9-20-25(21,22)12-7-5-11(6-8-12)24-15(17,18)19/h1-8,20H,9-10H2. The molecule has 1 N–H and O–H groups in total. The van der Waals surface area contributed by atoms with Gasteiger partial charge in [0.1, 0.15) is 12.4 Å². The first-order chi connectivity index (χ1) is 11.7. The van der Waals surface area contributed by atoms with Crippen molar-refractivity contribution in [3.8, 4) is 11.5 Å². The topological polar surface area (TPSA) is 64.6 Å². The molecule has 0 fully saturated rings. The highest BCUT2D eigenvalue weighted by molar-refractivity contribution is 7.89. The van der Waals surface area contributed by atoms with Gasteiger partial charge in [-0.1, -0.05) is 12.1 Å². The zero-order chi connectivity index (χ0) is 18.5. The Labute approximate surface area is 141 Å². The van der Waals surface area contributed by atoms with Crippen molar-refractivity contribution in [1.29, 1.82) is 0 Å². The molecule has 0 radical (unpaired) electrons. The van der Waals surface area contributed by atoms with Gasteiger partial charge < -0.3 is 9.47 Å². The van der Waals surface area contributed by atoms with Crippen LogP contribution >= 0.6 is 0 Å². The molecule has 2 aromatic rings. The van der Waals surface area contributed by atoms with Crippen LogP contribution < -0.4 is 14.2 Å². The second-order valence-corrected chi connectivity index (χ2v) is 6.46. The number of nitrogens with one attached hydrogen (secondary N) is 1. The third-order valence-electron chi connectivity index (χ3n) is 2.86. The highest BCUT2D eigenvalue weighted by atomic mass is 32.2. The van der Waals surface area contributed by atoms with Gasteiger partial charge >= 0.3 is 6.36 Å². The summed E-state index contributed by atoms with van der Waals surface area (Å²) in [5.41, 5.74) is 0. The van der Waals surface area contributed by atoms with Gasteiger partial charge in [0.15, 0.2) is 11.6 Å². The fourth-order valence-electron chi connectivity index (χ4n) is 1.80. The molecule has 0 aromatic heterocycles. The van der Waals surface area contributed by atoms with E-state index in [4.69, 9.17) is 4.74 Å². The molecule has 0 saturated carbocycles. The predicted octanol–water partition coefficient (Wildman–Crippen LogP) is 3.08. The van der Waals surface area contributed by atoms with Crippen LogP contribution in [-0.4, -0.2) is 27.9 Å². The highest BCUT2D eigenvalue weighted by Gasteiger charge is 2.31. The van der Waals surface area contributed by atoms with Crippen LogP contribution in [0.2, 0.25) is 0 Å².